The smallest absolute Gasteiger partial charge is 0.318 e. The van der Waals surface area contributed by atoms with E-state index in [1.807, 2.05) is 39.8 Å². The van der Waals surface area contributed by atoms with Crippen LogP contribution in [-0.2, 0) is 13.0 Å². The molecular weight excluding hydrogens is 333 g/mol. The van der Waals surface area contributed by atoms with E-state index in [9.17, 15) is 9.18 Å². The van der Waals surface area contributed by atoms with Crippen molar-refractivity contribution >= 4 is 11.7 Å². The molecule has 1 aliphatic rings. The van der Waals surface area contributed by atoms with Crippen molar-refractivity contribution < 1.29 is 9.18 Å². The zero-order valence-electron chi connectivity index (χ0n) is 14.3. The molecule has 1 unspecified atom stereocenters. The molecule has 3 heterocycles. The molecule has 1 saturated heterocycles. The lowest BCUT2D eigenvalue weighted by molar-refractivity contribution is 0.191. The Morgan fingerprint density at radius 1 is 1.23 bits per heavy atom. The van der Waals surface area contributed by atoms with Crippen LogP contribution in [0.3, 0.4) is 0 Å². The summed E-state index contributed by atoms with van der Waals surface area (Å²) in [5.41, 5.74) is 1.67. The van der Waals surface area contributed by atoms with Gasteiger partial charge in [0.2, 0.25) is 0 Å². The number of carbonyl (C=O) groups excluding carboxylic acids is 1. The van der Waals surface area contributed by atoms with Crippen LogP contribution in [0.1, 0.15) is 24.2 Å². The number of halogens is 1. The summed E-state index contributed by atoms with van der Waals surface area (Å²) in [6.45, 7) is 1.03. The van der Waals surface area contributed by atoms with E-state index in [1.165, 1.54) is 12.1 Å². The average Bonchev–Trinajstić information content (AvgIpc) is 3.27. The molecule has 6 nitrogen and oxygen atoms in total. The van der Waals surface area contributed by atoms with Gasteiger partial charge in [0.25, 0.3) is 0 Å². The first-order valence-corrected chi connectivity index (χ1v) is 8.78. The minimum absolute atomic E-state index is 0.0898. The van der Waals surface area contributed by atoms with Gasteiger partial charge in [0.15, 0.2) is 11.5 Å². The highest BCUT2D eigenvalue weighted by Crippen LogP contribution is 2.21. The van der Waals surface area contributed by atoms with Crippen LogP contribution in [0.15, 0.2) is 48.7 Å². The van der Waals surface area contributed by atoms with Crippen LogP contribution >= 0.6 is 0 Å². The third-order valence-electron chi connectivity index (χ3n) is 4.78. The fourth-order valence-corrected chi connectivity index (χ4v) is 3.52. The Kier molecular flexibility index (Phi) is 4.51. The lowest BCUT2D eigenvalue weighted by Crippen LogP contribution is -2.43. The van der Waals surface area contributed by atoms with Crippen LogP contribution in [0.4, 0.5) is 9.18 Å². The van der Waals surface area contributed by atoms with E-state index in [0.717, 1.165) is 24.1 Å². The van der Waals surface area contributed by atoms with Crippen molar-refractivity contribution in [1.29, 1.82) is 0 Å². The third-order valence-corrected chi connectivity index (χ3v) is 4.78. The SMILES string of the molecule is O=C(NCc1nnc2ccccn12)N1CCCC1Cc1cccc(F)c1. The number of amides is 2. The molecule has 2 amide bonds. The van der Waals surface area contributed by atoms with Crippen molar-refractivity contribution in [2.75, 3.05) is 6.54 Å². The zero-order valence-corrected chi connectivity index (χ0v) is 14.3. The molecule has 2 aromatic heterocycles. The molecule has 3 aromatic rings. The second kappa shape index (κ2) is 7.11. The van der Waals surface area contributed by atoms with E-state index in [1.54, 1.807) is 6.07 Å². The minimum Gasteiger partial charge on any atom is -0.331 e. The van der Waals surface area contributed by atoms with Gasteiger partial charge in [-0.1, -0.05) is 18.2 Å². The number of hydrogen-bond donors (Lipinski definition) is 1. The first kappa shape index (κ1) is 16.5. The topological polar surface area (TPSA) is 62.5 Å². The Morgan fingerprint density at radius 2 is 2.15 bits per heavy atom. The van der Waals surface area contributed by atoms with E-state index in [2.05, 4.69) is 15.5 Å². The van der Waals surface area contributed by atoms with Gasteiger partial charge in [0, 0.05) is 18.8 Å². The number of urea groups is 1. The van der Waals surface area contributed by atoms with Crippen molar-refractivity contribution in [2.45, 2.75) is 31.8 Å². The summed E-state index contributed by atoms with van der Waals surface area (Å²) in [5.74, 6) is 0.449. The van der Waals surface area contributed by atoms with Crippen LogP contribution in [0.2, 0.25) is 0 Å². The van der Waals surface area contributed by atoms with Crippen molar-refractivity contribution in [3.63, 3.8) is 0 Å². The Hall–Kier alpha value is -2.96. The molecule has 1 aliphatic heterocycles. The maximum atomic E-state index is 13.4. The van der Waals surface area contributed by atoms with Crippen molar-refractivity contribution in [1.82, 2.24) is 24.8 Å². The highest BCUT2D eigenvalue weighted by atomic mass is 19.1. The van der Waals surface area contributed by atoms with Gasteiger partial charge < -0.3 is 10.2 Å². The van der Waals surface area contributed by atoms with Crippen molar-refractivity contribution in [2.24, 2.45) is 0 Å². The number of benzene rings is 1. The number of aromatic nitrogens is 3. The minimum atomic E-state index is -0.241. The molecule has 26 heavy (non-hydrogen) atoms. The molecule has 1 atom stereocenters. The molecule has 1 N–H and O–H groups in total. The van der Waals surface area contributed by atoms with Gasteiger partial charge >= 0.3 is 6.03 Å². The number of pyridine rings is 1. The number of nitrogens with one attached hydrogen (secondary N) is 1. The van der Waals surface area contributed by atoms with Gasteiger partial charge in [0.05, 0.1) is 6.54 Å². The second-order valence-electron chi connectivity index (χ2n) is 6.53. The predicted molar refractivity (Wildman–Crippen MR) is 95.1 cm³/mol. The summed E-state index contributed by atoms with van der Waals surface area (Å²) in [6.07, 6.45) is 4.43. The van der Waals surface area contributed by atoms with Crippen LogP contribution in [0.25, 0.3) is 5.65 Å². The van der Waals surface area contributed by atoms with Gasteiger partial charge in [-0.2, -0.15) is 0 Å². The molecule has 0 aliphatic carbocycles. The second-order valence-corrected chi connectivity index (χ2v) is 6.53. The van der Waals surface area contributed by atoms with E-state index in [4.69, 9.17) is 0 Å². The third kappa shape index (κ3) is 3.37. The maximum Gasteiger partial charge on any atom is 0.318 e. The summed E-state index contributed by atoms with van der Waals surface area (Å²) in [5, 5.41) is 11.1. The standard InChI is InChI=1S/C19H20FN5O/c20-15-6-3-5-14(11-15)12-16-7-4-10-24(16)19(26)21-13-18-23-22-17-8-1-2-9-25(17)18/h1-3,5-6,8-9,11,16H,4,7,10,12-13H2,(H,21,26). The molecule has 1 aromatic carbocycles. The Bertz CT molecular complexity index is 925. The van der Waals surface area contributed by atoms with Crippen LogP contribution in [0.5, 0.6) is 0 Å². The molecule has 4 rings (SSSR count). The molecular formula is C19H20FN5O. The fraction of sp³-hybridized carbons (Fsp3) is 0.316. The zero-order chi connectivity index (χ0) is 17.9. The largest absolute Gasteiger partial charge is 0.331 e. The molecule has 1 fully saturated rings. The summed E-state index contributed by atoms with van der Waals surface area (Å²) in [4.78, 5) is 14.5. The Labute approximate surface area is 150 Å². The summed E-state index contributed by atoms with van der Waals surface area (Å²) in [7, 11) is 0. The van der Waals surface area contributed by atoms with Gasteiger partial charge in [-0.15, -0.1) is 10.2 Å². The van der Waals surface area contributed by atoms with Crippen molar-refractivity contribution in [3.05, 3.63) is 65.9 Å². The normalized spacial score (nSPS) is 17.0. The Balaban J connectivity index is 1.40. The lowest BCUT2D eigenvalue weighted by Gasteiger charge is -2.25. The van der Waals surface area contributed by atoms with Crippen LogP contribution < -0.4 is 5.32 Å². The van der Waals surface area contributed by atoms with E-state index < -0.39 is 0 Å². The van der Waals surface area contributed by atoms with Gasteiger partial charge in [-0.3, -0.25) is 4.40 Å². The quantitative estimate of drug-likeness (QED) is 0.784. The molecule has 134 valence electrons. The lowest BCUT2D eigenvalue weighted by atomic mass is 10.0. The summed E-state index contributed by atoms with van der Waals surface area (Å²) in [6, 6.07) is 12.2. The highest BCUT2D eigenvalue weighted by Gasteiger charge is 2.28. The summed E-state index contributed by atoms with van der Waals surface area (Å²) >= 11 is 0. The average molecular weight is 353 g/mol. The molecule has 0 radical (unpaired) electrons. The number of likely N-dealkylation sites (tertiary alicyclic amines) is 1. The van der Waals surface area contributed by atoms with E-state index >= 15 is 0 Å². The van der Waals surface area contributed by atoms with Crippen LogP contribution in [-0.4, -0.2) is 38.1 Å². The highest BCUT2D eigenvalue weighted by molar-refractivity contribution is 5.74. The van der Waals surface area contributed by atoms with Gasteiger partial charge in [-0.05, 0) is 49.1 Å². The predicted octanol–water partition coefficient (Wildman–Crippen LogP) is 2.79. The number of nitrogens with zero attached hydrogens (tertiary/aromatic N) is 4. The van der Waals surface area contributed by atoms with Crippen LogP contribution in [0, 0.1) is 5.82 Å². The first-order valence-electron chi connectivity index (χ1n) is 8.78. The molecule has 0 bridgehead atoms. The molecule has 7 heteroatoms. The summed E-state index contributed by atoms with van der Waals surface area (Å²) < 4.78 is 15.2. The fourth-order valence-electron chi connectivity index (χ4n) is 3.52. The monoisotopic (exact) mass is 353 g/mol. The first-order chi connectivity index (χ1) is 12.7. The van der Waals surface area contributed by atoms with Gasteiger partial charge in [-0.25, -0.2) is 9.18 Å². The molecule has 0 saturated carbocycles. The van der Waals surface area contributed by atoms with Crippen molar-refractivity contribution in [3.8, 4) is 0 Å². The number of rotatable bonds is 4. The molecule has 0 spiro atoms. The van der Waals surface area contributed by atoms with E-state index in [-0.39, 0.29) is 17.9 Å². The number of fused-ring (bicyclic) bond motifs is 1. The number of hydrogen-bond acceptors (Lipinski definition) is 3. The van der Waals surface area contributed by atoms with E-state index in [0.29, 0.717) is 25.3 Å². The number of carbonyl (C=O) groups is 1. The maximum absolute atomic E-state index is 13.4. The Morgan fingerprint density at radius 3 is 3.04 bits per heavy atom. The van der Waals surface area contributed by atoms with Gasteiger partial charge in [0.1, 0.15) is 5.82 Å².